The molecule has 0 saturated carbocycles. The van der Waals surface area contributed by atoms with Crippen LogP contribution in [-0.2, 0) is 11.2 Å². The molecule has 0 saturated heterocycles. The van der Waals surface area contributed by atoms with E-state index in [-0.39, 0.29) is 19.6 Å². The van der Waals surface area contributed by atoms with Gasteiger partial charge in [0.2, 0.25) is 5.91 Å². The number of primary amides is 1. The summed E-state index contributed by atoms with van der Waals surface area (Å²) in [6, 6.07) is 5.11. The van der Waals surface area contributed by atoms with Crippen LogP contribution in [-0.4, -0.2) is 26.2 Å². The predicted molar refractivity (Wildman–Crippen MR) is 65.4 cm³/mol. The number of hydrogen-bond donors (Lipinski definition) is 1. The van der Waals surface area contributed by atoms with Gasteiger partial charge in [0.15, 0.2) is 11.5 Å². The Labute approximate surface area is 104 Å². The van der Waals surface area contributed by atoms with E-state index < -0.39 is 5.91 Å². The average molecular weight is 250 g/mol. The highest BCUT2D eigenvalue weighted by atomic mass is 16.5. The molecule has 1 aromatic rings. The molecule has 0 fully saturated rings. The van der Waals surface area contributed by atoms with E-state index >= 15 is 0 Å². The fourth-order valence-electron chi connectivity index (χ4n) is 1.38. The van der Waals surface area contributed by atoms with E-state index in [0.717, 1.165) is 5.56 Å². The van der Waals surface area contributed by atoms with E-state index in [1.54, 1.807) is 18.2 Å². The lowest BCUT2D eigenvalue weighted by molar-refractivity contribution is -0.117. The summed E-state index contributed by atoms with van der Waals surface area (Å²) < 4.78 is 10.5. The van der Waals surface area contributed by atoms with Crippen LogP contribution in [0.2, 0.25) is 0 Å². The molecule has 0 bridgehead atoms. The third-order valence-corrected chi connectivity index (χ3v) is 2.12. The molecule has 0 atom stereocenters. The van der Waals surface area contributed by atoms with E-state index in [1.165, 1.54) is 7.11 Å². The summed E-state index contributed by atoms with van der Waals surface area (Å²) in [5.74, 6) is 0.627. The van der Waals surface area contributed by atoms with Crippen LogP contribution in [0.4, 0.5) is 0 Å². The first kappa shape index (κ1) is 13.7. The zero-order valence-electron chi connectivity index (χ0n) is 10.00. The summed E-state index contributed by atoms with van der Waals surface area (Å²) in [5.41, 5.74) is 14.0. The van der Waals surface area contributed by atoms with Gasteiger partial charge < -0.3 is 15.2 Å². The van der Waals surface area contributed by atoms with E-state index in [1.807, 2.05) is 0 Å². The van der Waals surface area contributed by atoms with Crippen LogP contribution in [0.25, 0.3) is 10.4 Å². The van der Waals surface area contributed by atoms with Gasteiger partial charge in [-0.2, -0.15) is 0 Å². The van der Waals surface area contributed by atoms with Gasteiger partial charge in [0, 0.05) is 4.91 Å². The fourth-order valence-corrected chi connectivity index (χ4v) is 1.38. The maximum absolute atomic E-state index is 10.8. The first-order valence-electron chi connectivity index (χ1n) is 5.26. The van der Waals surface area contributed by atoms with E-state index in [9.17, 15) is 4.79 Å². The number of nitrogens with two attached hydrogens (primary N) is 1. The molecule has 1 rings (SSSR count). The Morgan fingerprint density at radius 3 is 2.89 bits per heavy atom. The lowest BCUT2D eigenvalue weighted by Crippen LogP contribution is -2.13. The van der Waals surface area contributed by atoms with E-state index in [0.29, 0.717) is 11.5 Å². The van der Waals surface area contributed by atoms with Crippen molar-refractivity contribution in [2.75, 3.05) is 20.3 Å². The summed E-state index contributed by atoms with van der Waals surface area (Å²) >= 11 is 0. The number of carbonyl (C=O) groups is 1. The van der Waals surface area contributed by atoms with Gasteiger partial charge in [-0.25, -0.2) is 0 Å². The highest BCUT2D eigenvalue weighted by Gasteiger charge is 2.07. The number of amides is 1. The molecule has 7 heteroatoms. The van der Waals surface area contributed by atoms with Gasteiger partial charge >= 0.3 is 0 Å². The zero-order chi connectivity index (χ0) is 13.4. The van der Waals surface area contributed by atoms with Crippen molar-refractivity contribution < 1.29 is 14.3 Å². The van der Waals surface area contributed by atoms with Crippen LogP contribution in [0, 0.1) is 0 Å². The van der Waals surface area contributed by atoms with Crippen LogP contribution in [0.1, 0.15) is 5.56 Å². The van der Waals surface area contributed by atoms with E-state index in [4.69, 9.17) is 20.7 Å². The first-order chi connectivity index (χ1) is 8.67. The molecular formula is C11H14N4O3. The van der Waals surface area contributed by atoms with Crippen LogP contribution in [0.15, 0.2) is 23.3 Å². The SMILES string of the molecule is COc1cc(CC(N)=O)ccc1OCCN=[N+]=[N-]. The molecule has 0 unspecified atom stereocenters. The molecule has 0 heterocycles. The molecule has 18 heavy (non-hydrogen) atoms. The number of methoxy groups -OCH3 is 1. The van der Waals surface area contributed by atoms with Gasteiger partial charge in [0.05, 0.1) is 26.7 Å². The number of carbonyl (C=O) groups excluding carboxylic acids is 1. The van der Waals surface area contributed by atoms with Gasteiger partial charge in [-0.05, 0) is 23.2 Å². The Balaban J connectivity index is 2.73. The number of benzene rings is 1. The minimum absolute atomic E-state index is 0.148. The normalized spacial score (nSPS) is 9.39. The molecule has 0 aliphatic carbocycles. The largest absolute Gasteiger partial charge is 0.493 e. The molecule has 0 spiro atoms. The molecule has 1 amide bonds. The third kappa shape index (κ3) is 4.23. The molecular weight excluding hydrogens is 236 g/mol. The monoisotopic (exact) mass is 250 g/mol. The van der Waals surface area contributed by atoms with Crippen LogP contribution in [0.3, 0.4) is 0 Å². The minimum atomic E-state index is -0.408. The van der Waals surface area contributed by atoms with Gasteiger partial charge in [0.25, 0.3) is 0 Å². The first-order valence-corrected chi connectivity index (χ1v) is 5.26. The molecule has 7 nitrogen and oxygen atoms in total. The van der Waals surface area contributed by atoms with E-state index in [2.05, 4.69) is 10.0 Å². The standard InChI is InChI=1S/C11H14N4O3/c1-17-10-6-8(7-11(12)16)2-3-9(10)18-5-4-14-15-13/h2-3,6H,4-5,7H2,1H3,(H2,12,16). The summed E-state index contributed by atoms with van der Waals surface area (Å²) in [6.07, 6.45) is 0.148. The second kappa shape index (κ2) is 7.03. The average Bonchev–Trinajstić information content (AvgIpc) is 2.35. The molecule has 2 N–H and O–H groups in total. The van der Waals surface area contributed by atoms with Crippen LogP contribution >= 0.6 is 0 Å². The number of hydrogen-bond acceptors (Lipinski definition) is 4. The van der Waals surface area contributed by atoms with Crippen molar-refractivity contribution in [1.29, 1.82) is 0 Å². The topological polar surface area (TPSA) is 110 Å². The molecule has 0 aromatic heterocycles. The Morgan fingerprint density at radius 2 is 2.28 bits per heavy atom. The number of ether oxygens (including phenoxy) is 2. The van der Waals surface area contributed by atoms with Gasteiger partial charge in [0.1, 0.15) is 0 Å². The molecule has 0 aliphatic rings. The van der Waals surface area contributed by atoms with Crippen molar-refractivity contribution in [2.24, 2.45) is 10.8 Å². The van der Waals surface area contributed by atoms with Crippen molar-refractivity contribution in [3.8, 4) is 11.5 Å². The third-order valence-electron chi connectivity index (χ3n) is 2.12. The molecule has 1 aromatic carbocycles. The summed E-state index contributed by atoms with van der Waals surface area (Å²) in [6.45, 7) is 0.498. The Morgan fingerprint density at radius 1 is 1.50 bits per heavy atom. The van der Waals surface area contributed by atoms with Gasteiger partial charge in [-0.3, -0.25) is 4.79 Å². The van der Waals surface area contributed by atoms with Crippen molar-refractivity contribution in [2.45, 2.75) is 6.42 Å². The Bertz CT molecular complexity index is 469. The predicted octanol–water partition coefficient (Wildman–Crippen LogP) is 1.41. The molecule has 0 aliphatic heterocycles. The summed E-state index contributed by atoms with van der Waals surface area (Å²) in [5, 5.41) is 3.35. The maximum atomic E-state index is 10.8. The lowest BCUT2D eigenvalue weighted by atomic mass is 10.1. The number of nitrogens with zero attached hydrogens (tertiary/aromatic N) is 3. The molecule has 96 valence electrons. The van der Waals surface area contributed by atoms with Gasteiger partial charge in [-0.15, -0.1) is 0 Å². The Kier molecular flexibility index (Phi) is 5.34. The minimum Gasteiger partial charge on any atom is -0.493 e. The summed E-state index contributed by atoms with van der Waals surface area (Å²) in [7, 11) is 1.50. The van der Waals surface area contributed by atoms with Crippen molar-refractivity contribution in [3.05, 3.63) is 34.2 Å². The maximum Gasteiger partial charge on any atom is 0.221 e. The quantitative estimate of drug-likeness (QED) is 0.342. The summed E-state index contributed by atoms with van der Waals surface area (Å²) in [4.78, 5) is 13.4. The number of azide groups is 1. The Hall–Kier alpha value is -2.40. The smallest absolute Gasteiger partial charge is 0.221 e. The van der Waals surface area contributed by atoms with Crippen molar-refractivity contribution in [1.82, 2.24) is 0 Å². The van der Waals surface area contributed by atoms with Crippen molar-refractivity contribution >= 4 is 5.91 Å². The highest BCUT2D eigenvalue weighted by Crippen LogP contribution is 2.28. The second-order valence-corrected chi connectivity index (χ2v) is 3.43. The fraction of sp³-hybridized carbons (Fsp3) is 0.364. The van der Waals surface area contributed by atoms with Crippen LogP contribution < -0.4 is 15.2 Å². The highest BCUT2D eigenvalue weighted by molar-refractivity contribution is 5.76. The molecule has 0 radical (unpaired) electrons. The van der Waals surface area contributed by atoms with Crippen molar-refractivity contribution in [3.63, 3.8) is 0 Å². The van der Waals surface area contributed by atoms with Crippen LogP contribution in [0.5, 0.6) is 11.5 Å². The second-order valence-electron chi connectivity index (χ2n) is 3.43. The number of rotatable bonds is 7. The lowest BCUT2D eigenvalue weighted by Gasteiger charge is -2.10. The zero-order valence-corrected chi connectivity index (χ0v) is 10.00. The van der Waals surface area contributed by atoms with Gasteiger partial charge in [-0.1, -0.05) is 11.2 Å².